The maximum absolute atomic E-state index is 11.9. The van der Waals surface area contributed by atoms with Crippen LogP contribution in [-0.4, -0.2) is 35.9 Å². The molecule has 6 nitrogen and oxygen atoms in total. The number of nitrogens with one attached hydrogen (secondary N) is 1. The molecule has 0 bridgehead atoms. The third-order valence-electron chi connectivity index (χ3n) is 3.92. The Morgan fingerprint density at radius 1 is 1.32 bits per heavy atom. The highest BCUT2D eigenvalue weighted by atomic mass is 16.6. The minimum Gasteiger partial charge on any atom is -0.467 e. The Kier molecular flexibility index (Phi) is 5.38. The minimum atomic E-state index is -1.68. The largest absolute Gasteiger partial charge is 0.467 e. The van der Waals surface area contributed by atoms with Gasteiger partial charge in [0.2, 0.25) is 0 Å². The van der Waals surface area contributed by atoms with E-state index in [0.717, 1.165) is 12.0 Å². The molecule has 0 radical (unpaired) electrons. The number of carbonyl (C=O) groups is 2. The van der Waals surface area contributed by atoms with E-state index in [1.807, 2.05) is 30.3 Å². The second-order valence-electron chi connectivity index (χ2n) is 5.42. The number of carbonyl (C=O) groups excluding carboxylic acids is 2. The molecule has 1 aliphatic rings. The molecule has 22 heavy (non-hydrogen) atoms. The molecule has 6 heteroatoms. The minimum absolute atomic E-state index is 0.135. The highest BCUT2D eigenvalue weighted by Gasteiger charge is 2.47. The van der Waals surface area contributed by atoms with Crippen molar-refractivity contribution in [1.29, 1.82) is 0 Å². The van der Waals surface area contributed by atoms with Gasteiger partial charge < -0.3 is 19.9 Å². The molecular weight excluding hydrogens is 286 g/mol. The second-order valence-corrected chi connectivity index (χ2v) is 5.42. The molecule has 0 heterocycles. The number of esters is 1. The van der Waals surface area contributed by atoms with Crippen molar-refractivity contribution in [2.24, 2.45) is 0 Å². The highest BCUT2D eigenvalue weighted by molar-refractivity contribution is 5.81. The fourth-order valence-electron chi connectivity index (χ4n) is 2.68. The van der Waals surface area contributed by atoms with Crippen LogP contribution in [0, 0.1) is 0 Å². The van der Waals surface area contributed by atoms with Crippen molar-refractivity contribution in [2.45, 2.75) is 43.9 Å². The number of methoxy groups -OCH3 is 1. The van der Waals surface area contributed by atoms with Crippen LogP contribution in [0.4, 0.5) is 4.79 Å². The van der Waals surface area contributed by atoms with E-state index < -0.39 is 23.7 Å². The molecule has 2 unspecified atom stereocenters. The van der Waals surface area contributed by atoms with Crippen LogP contribution in [0.5, 0.6) is 0 Å². The van der Waals surface area contributed by atoms with Crippen molar-refractivity contribution >= 4 is 12.1 Å². The maximum Gasteiger partial charge on any atom is 0.407 e. The number of benzene rings is 1. The topological polar surface area (TPSA) is 84.9 Å². The van der Waals surface area contributed by atoms with Crippen LogP contribution in [0.15, 0.2) is 30.3 Å². The standard InChI is InChI=1S/C16H21NO5/c1-21-14(18)16(20)10-6-5-9-13(16)17-15(19)22-11-12-7-3-2-4-8-12/h2-4,7-8,13,20H,5-6,9-11H2,1H3,(H,17,19). The number of ether oxygens (including phenoxy) is 2. The van der Waals surface area contributed by atoms with Crippen LogP contribution in [0.25, 0.3) is 0 Å². The summed E-state index contributed by atoms with van der Waals surface area (Å²) in [5, 5.41) is 13.1. The van der Waals surface area contributed by atoms with E-state index in [2.05, 4.69) is 10.1 Å². The molecule has 1 saturated carbocycles. The van der Waals surface area contributed by atoms with Gasteiger partial charge in [0.25, 0.3) is 0 Å². The first-order valence-corrected chi connectivity index (χ1v) is 7.34. The quantitative estimate of drug-likeness (QED) is 0.828. The molecule has 1 aromatic rings. The molecule has 0 spiro atoms. The predicted octanol–water partition coefficient (Wildman–Crippen LogP) is 1.76. The van der Waals surface area contributed by atoms with Gasteiger partial charge in [0.1, 0.15) is 6.61 Å². The number of amides is 1. The van der Waals surface area contributed by atoms with Crippen molar-refractivity contribution in [1.82, 2.24) is 5.32 Å². The molecule has 120 valence electrons. The van der Waals surface area contributed by atoms with Gasteiger partial charge in [0, 0.05) is 0 Å². The molecule has 1 fully saturated rings. The van der Waals surface area contributed by atoms with E-state index in [1.165, 1.54) is 7.11 Å². The fourth-order valence-corrected chi connectivity index (χ4v) is 2.68. The summed E-state index contributed by atoms with van der Waals surface area (Å²) in [6.45, 7) is 0.135. The molecule has 2 N–H and O–H groups in total. The normalized spacial score (nSPS) is 24.4. The first-order valence-electron chi connectivity index (χ1n) is 7.34. The van der Waals surface area contributed by atoms with Crippen molar-refractivity contribution in [2.75, 3.05) is 7.11 Å². The zero-order valence-corrected chi connectivity index (χ0v) is 12.6. The number of alkyl carbamates (subject to hydrolysis) is 1. The Balaban J connectivity index is 1.92. The van der Waals surface area contributed by atoms with Gasteiger partial charge in [-0.15, -0.1) is 0 Å². The van der Waals surface area contributed by atoms with E-state index in [4.69, 9.17) is 4.74 Å². The number of aliphatic hydroxyl groups is 1. The van der Waals surface area contributed by atoms with Crippen LogP contribution in [0.1, 0.15) is 31.2 Å². The van der Waals surface area contributed by atoms with Gasteiger partial charge in [-0.05, 0) is 24.8 Å². The van der Waals surface area contributed by atoms with Gasteiger partial charge in [-0.1, -0.05) is 36.8 Å². The van der Waals surface area contributed by atoms with Gasteiger partial charge in [-0.2, -0.15) is 0 Å². The molecule has 2 rings (SSSR count). The first kappa shape index (κ1) is 16.3. The lowest BCUT2D eigenvalue weighted by Gasteiger charge is -2.37. The average Bonchev–Trinajstić information content (AvgIpc) is 2.55. The van der Waals surface area contributed by atoms with E-state index in [-0.39, 0.29) is 13.0 Å². The van der Waals surface area contributed by atoms with Crippen LogP contribution in [-0.2, 0) is 20.9 Å². The highest BCUT2D eigenvalue weighted by Crippen LogP contribution is 2.29. The molecule has 1 aromatic carbocycles. The Labute approximate surface area is 129 Å². The summed E-state index contributed by atoms with van der Waals surface area (Å²) in [5.41, 5.74) is -0.816. The lowest BCUT2D eigenvalue weighted by Crippen LogP contribution is -2.59. The Hall–Kier alpha value is -2.08. The Morgan fingerprint density at radius 3 is 2.73 bits per heavy atom. The van der Waals surface area contributed by atoms with E-state index in [0.29, 0.717) is 12.8 Å². The third-order valence-corrected chi connectivity index (χ3v) is 3.92. The second kappa shape index (κ2) is 7.26. The monoisotopic (exact) mass is 307 g/mol. The smallest absolute Gasteiger partial charge is 0.407 e. The molecule has 0 aromatic heterocycles. The van der Waals surface area contributed by atoms with Crippen molar-refractivity contribution < 1.29 is 24.2 Å². The Bertz CT molecular complexity index is 519. The third kappa shape index (κ3) is 3.76. The summed E-state index contributed by atoms with van der Waals surface area (Å²) < 4.78 is 9.78. The fraction of sp³-hybridized carbons (Fsp3) is 0.500. The SMILES string of the molecule is COC(=O)C1(O)CCCCC1NC(=O)OCc1ccccc1. The lowest BCUT2D eigenvalue weighted by atomic mass is 9.80. The van der Waals surface area contributed by atoms with Gasteiger partial charge in [-0.25, -0.2) is 9.59 Å². The van der Waals surface area contributed by atoms with Crippen LogP contribution in [0.2, 0.25) is 0 Å². The molecule has 1 amide bonds. The summed E-state index contributed by atoms with van der Waals surface area (Å²) in [6, 6.07) is 8.58. The first-order chi connectivity index (χ1) is 10.6. The number of hydrogen-bond donors (Lipinski definition) is 2. The van der Waals surface area contributed by atoms with Gasteiger partial charge in [0.05, 0.1) is 13.2 Å². The average molecular weight is 307 g/mol. The van der Waals surface area contributed by atoms with Crippen molar-refractivity contribution in [3.8, 4) is 0 Å². The summed E-state index contributed by atoms with van der Waals surface area (Å²) in [6.07, 6.45) is 1.65. The molecule has 0 saturated heterocycles. The molecule has 1 aliphatic carbocycles. The van der Waals surface area contributed by atoms with Gasteiger partial charge in [-0.3, -0.25) is 0 Å². The Morgan fingerprint density at radius 2 is 2.05 bits per heavy atom. The molecule has 0 aliphatic heterocycles. The van der Waals surface area contributed by atoms with Crippen molar-refractivity contribution in [3.63, 3.8) is 0 Å². The summed E-state index contributed by atoms with van der Waals surface area (Å²) in [5.74, 6) is -0.722. The van der Waals surface area contributed by atoms with Gasteiger partial charge in [0.15, 0.2) is 5.60 Å². The zero-order chi connectivity index (χ0) is 16.0. The predicted molar refractivity (Wildman–Crippen MR) is 79.0 cm³/mol. The summed E-state index contributed by atoms with van der Waals surface area (Å²) in [7, 11) is 1.22. The van der Waals surface area contributed by atoms with Crippen LogP contribution >= 0.6 is 0 Å². The number of rotatable bonds is 4. The summed E-state index contributed by atoms with van der Waals surface area (Å²) >= 11 is 0. The lowest BCUT2D eigenvalue weighted by molar-refractivity contribution is -0.168. The van der Waals surface area contributed by atoms with Gasteiger partial charge >= 0.3 is 12.1 Å². The molecular formula is C16H21NO5. The maximum atomic E-state index is 11.9. The molecule has 2 atom stereocenters. The van der Waals surface area contributed by atoms with E-state index in [1.54, 1.807) is 0 Å². The van der Waals surface area contributed by atoms with E-state index in [9.17, 15) is 14.7 Å². The number of hydrogen-bond acceptors (Lipinski definition) is 5. The summed E-state index contributed by atoms with van der Waals surface area (Å²) in [4.78, 5) is 23.7. The van der Waals surface area contributed by atoms with Crippen LogP contribution in [0.3, 0.4) is 0 Å². The van der Waals surface area contributed by atoms with Crippen LogP contribution < -0.4 is 5.32 Å². The zero-order valence-electron chi connectivity index (χ0n) is 12.6. The van der Waals surface area contributed by atoms with Crippen molar-refractivity contribution in [3.05, 3.63) is 35.9 Å². The van der Waals surface area contributed by atoms with E-state index >= 15 is 0 Å².